The molecule has 3 aromatic rings. The van der Waals surface area contributed by atoms with E-state index in [4.69, 9.17) is 4.74 Å². The van der Waals surface area contributed by atoms with Crippen LogP contribution in [-0.2, 0) is 6.54 Å². The van der Waals surface area contributed by atoms with E-state index in [9.17, 15) is 4.79 Å². The van der Waals surface area contributed by atoms with Gasteiger partial charge in [-0.1, -0.05) is 13.8 Å². The molecule has 0 bridgehead atoms. The molecule has 0 fully saturated rings. The maximum absolute atomic E-state index is 12.5. The molecular weight excluding hydrogens is 302 g/mol. The number of nitrogens with zero attached hydrogens (tertiary/aromatic N) is 2. The monoisotopic (exact) mass is 325 g/mol. The zero-order valence-electron chi connectivity index (χ0n) is 14.6. The van der Waals surface area contributed by atoms with Crippen LogP contribution in [0.3, 0.4) is 0 Å². The number of hydrogen-bond donors (Lipinski definition) is 1. The van der Waals surface area contributed by atoms with Gasteiger partial charge >= 0.3 is 0 Å². The molecule has 0 spiro atoms. The fourth-order valence-corrected chi connectivity index (χ4v) is 2.83. The first-order valence-corrected chi connectivity index (χ1v) is 8.23. The van der Waals surface area contributed by atoms with Crippen LogP contribution in [0, 0.1) is 12.8 Å². The first-order valence-electron chi connectivity index (χ1n) is 8.23. The maximum Gasteiger partial charge on any atom is 0.190 e. The van der Waals surface area contributed by atoms with E-state index in [1.54, 1.807) is 25.4 Å². The smallest absolute Gasteiger partial charge is 0.190 e. The molecule has 0 aliphatic heterocycles. The average molecular weight is 325 g/mol. The molecule has 1 aromatic carbocycles. The Bertz CT molecular complexity index is 922. The minimum absolute atomic E-state index is 0.000525. The number of H-pyrrole nitrogens is 1. The molecule has 2 heterocycles. The molecular formula is C19H23N3O2. The van der Waals surface area contributed by atoms with E-state index < -0.39 is 0 Å². The Labute approximate surface area is 141 Å². The van der Waals surface area contributed by atoms with Crippen LogP contribution >= 0.6 is 0 Å². The van der Waals surface area contributed by atoms with Gasteiger partial charge < -0.3 is 9.72 Å². The zero-order valence-corrected chi connectivity index (χ0v) is 14.6. The molecule has 5 heteroatoms. The van der Waals surface area contributed by atoms with Gasteiger partial charge in [0, 0.05) is 35.3 Å². The van der Waals surface area contributed by atoms with Crippen LogP contribution in [0.15, 0.2) is 35.4 Å². The maximum atomic E-state index is 12.5. The predicted octanol–water partition coefficient (Wildman–Crippen LogP) is 3.75. The Morgan fingerprint density at radius 3 is 2.83 bits per heavy atom. The van der Waals surface area contributed by atoms with Gasteiger partial charge in [0.15, 0.2) is 5.43 Å². The van der Waals surface area contributed by atoms with Crippen molar-refractivity contribution in [2.75, 3.05) is 7.11 Å². The highest BCUT2D eigenvalue weighted by Crippen LogP contribution is 2.26. The Hall–Kier alpha value is -2.56. The van der Waals surface area contributed by atoms with Crippen LogP contribution in [0.5, 0.6) is 5.75 Å². The first kappa shape index (κ1) is 16.3. The van der Waals surface area contributed by atoms with Crippen LogP contribution in [0.4, 0.5) is 0 Å². The van der Waals surface area contributed by atoms with Crippen LogP contribution in [0.25, 0.3) is 22.2 Å². The van der Waals surface area contributed by atoms with Crippen molar-refractivity contribution in [3.8, 4) is 17.0 Å². The van der Waals surface area contributed by atoms with E-state index in [-0.39, 0.29) is 5.43 Å². The highest BCUT2D eigenvalue weighted by atomic mass is 16.5. The molecule has 24 heavy (non-hydrogen) atoms. The summed E-state index contributed by atoms with van der Waals surface area (Å²) in [5, 5.41) is 5.07. The fraction of sp³-hybridized carbons (Fsp3) is 0.368. The average Bonchev–Trinajstić information content (AvgIpc) is 3.03. The van der Waals surface area contributed by atoms with Gasteiger partial charge in [-0.25, -0.2) is 0 Å². The molecule has 5 nitrogen and oxygen atoms in total. The number of hydrogen-bond acceptors (Lipinski definition) is 3. The Morgan fingerprint density at radius 2 is 2.12 bits per heavy atom. The van der Waals surface area contributed by atoms with Crippen molar-refractivity contribution in [2.24, 2.45) is 5.92 Å². The lowest BCUT2D eigenvalue weighted by Gasteiger charge is -2.09. The van der Waals surface area contributed by atoms with Gasteiger partial charge in [0.05, 0.1) is 24.5 Å². The number of fused-ring (bicyclic) bond motifs is 1. The standard InChI is InChI=1S/C19H23N3O2/c1-12(2)7-8-22-11-14(10-20-22)16-9-17(23)15-5-6-18(24-4)13(3)19(15)21-16/h5-6,9-12H,7-8H2,1-4H3,(H,21,23). The summed E-state index contributed by atoms with van der Waals surface area (Å²) in [6, 6.07) is 5.27. The van der Waals surface area contributed by atoms with E-state index in [0.29, 0.717) is 11.3 Å². The molecule has 2 aromatic heterocycles. The number of pyridine rings is 1. The molecule has 126 valence electrons. The second-order valence-electron chi connectivity index (χ2n) is 6.54. The highest BCUT2D eigenvalue weighted by Gasteiger charge is 2.11. The number of aromatic nitrogens is 3. The Balaban J connectivity index is 2.04. The molecule has 0 saturated carbocycles. The van der Waals surface area contributed by atoms with Crippen molar-refractivity contribution < 1.29 is 4.74 Å². The number of benzene rings is 1. The van der Waals surface area contributed by atoms with Gasteiger partial charge in [0.1, 0.15) is 5.75 Å². The van der Waals surface area contributed by atoms with E-state index in [1.165, 1.54) is 0 Å². The van der Waals surface area contributed by atoms with Gasteiger partial charge in [0.2, 0.25) is 0 Å². The molecule has 0 amide bonds. The molecule has 0 unspecified atom stereocenters. The Kier molecular flexibility index (Phi) is 4.42. The minimum Gasteiger partial charge on any atom is -0.496 e. The lowest BCUT2D eigenvalue weighted by molar-refractivity contribution is 0.412. The fourth-order valence-electron chi connectivity index (χ4n) is 2.83. The molecule has 0 atom stereocenters. The second-order valence-corrected chi connectivity index (χ2v) is 6.54. The summed E-state index contributed by atoms with van der Waals surface area (Å²) in [5.41, 5.74) is 3.44. The Morgan fingerprint density at radius 1 is 1.33 bits per heavy atom. The topological polar surface area (TPSA) is 59.9 Å². The number of nitrogens with one attached hydrogen (secondary N) is 1. The van der Waals surface area contributed by atoms with Crippen LogP contribution < -0.4 is 10.2 Å². The van der Waals surface area contributed by atoms with Crippen molar-refractivity contribution in [1.82, 2.24) is 14.8 Å². The third-order valence-electron chi connectivity index (χ3n) is 4.32. The van der Waals surface area contributed by atoms with E-state index in [1.807, 2.05) is 23.9 Å². The third-order valence-corrected chi connectivity index (χ3v) is 4.32. The molecule has 0 aliphatic rings. The van der Waals surface area contributed by atoms with Crippen molar-refractivity contribution in [3.05, 3.63) is 46.4 Å². The molecule has 0 radical (unpaired) electrons. The lowest BCUT2D eigenvalue weighted by atomic mass is 10.1. The van der Waals surface area contributed by atoms with Crippen molar-refractivity contribution >= 4 is 10.9 Å². The summed E-state index contributed by atoms with van der Waals surface area (Å²) >= 11 is 0. The van der Waals surface area contributed by atoms with Gasteiger partial charge in [-0.15, -0.1) is 0 Å². The summed E-state index contributed by atoms with van der Waals surface area (Å²) in [6.45, 7) is 7.22. The van der Waals surface area contributed by atoms with Crippen LogP contribution in [0.1, 0.15) is 25.8 Å². The van der Waals surface area contributed by atoms with Crippen LogP contribution in [0.2, 0.25) is 0 Å². The zero-order chi connectivity index (χ0) is 17.3. The first-order chi connectivity index (χ1) is 11.5. The quantitative estimate of drug-likeness (QED) is 0.777. The lowest BCUT2D eigenvalue weighted by Crippen LogP contribution is -2.04. The minimum atomic E-state index is -0.000525. The number of aromatic amines is 1. The normalized spacial score (nSPS) is 11.4. The van der Waals surface area contributed by atoms with Gasteiger partial charge in [-0.3, -0.25) is 9.48 Å². The SMILES string of the molecule is COc1ccc2c(=O)cc(-c3cnn(CCC(C)C)c3)[nH]c2c1C. The largest absolute Gasteiger partial charge is 0.496 e. The predicted molar refractivity (Wildman–Crippen MR) is 96.5 cm³/mol. The summed E-state index contributed by atoms with van der Waals surface area (Å²) in [5.74, 6) is 1.40. The number of methoxy groups -OCH3 is 1. The molecule has 3 rings (SSSR count). The molecule has 0 saturated heterocycles. The summed E-state index contributed by atoms with van der Waals surface area (Å²) in [6.07, 6.45) is 4.85. The number of aryl methyl sites for hydroxylation is 2. The summed E-state index contributed by atoms with van der Waals surface area (Å²) in [7, 11) is 1.63. The number of ether oxygens (including phenoxy) is 1. The summed E-state index contributed by atoms with van der Waals surface area (Å²) < 4.78 is 7.29. The van der Waals surface area contributed by atoms with Gasteiger partial charge in [0.25, 0.3) is 0 Å². The van der Waals surface area contributed by atoms with Crippen LogP contribution in [-0.4, -0.2) is 21.9 Å². The number of rotatable bonds is 5. The van der Waals surface area contributed by atoms with E-state index in [0.717, 1.165) is 41.1 Å². The highest BCUT2D eigenvalue weighted by molar-refractivity contribution is 5.85. The molecule has 0 aliphatic carbocycles. The van der Waals surface area contributed by atoms with Crippen molar-refractivity contribution in [3.63, 3.8) is 0 Å². The van der Waals surface area contributed by atoms with Crippen molar-refractivity contribution in [2.45, 2.75) is 33.7 Å². The van der Waals surface area contributed by atoms with Crippen molar-refractivity contribution in [1.29, 1.82) is 0 Å². The second kappa shape index (κ2) is 6.51. The van der Waals surface area contributed by atoms with E-state index >= 15 is 0 Å². The molecule has 1 N–H and O–H groups in total. The van der Waals surface area contributed by atoms with Gasteiger partial charge in [-0.2, -0.15) is 5.10 Å². The third kappa shape index (κ3) is 3.07. The summed E-state index contributed by atoms with van der Waals surface area (Å²) in [4.78, 5) is 15.8. The van der Waals surface area contributed by atoms with Gasteiger partial charge in [-0.05, 0) is 31.4 Å². The van der Waals surface area contributed by atoms with E-state index in [2.05, 4.69) is 23.9 Å².